The Hall–Kier alpha value is -2.22. The second-order valence-electron chi connectivity index (χ2n) is 4.27. The van der Waals surface area contributed by atoms with Gasteiger partial charge in [-0.2, -0.15) is 0 Å². The molecule has 0 radical (unpaired) electrons. The first-order valence-corrected chi connectivity index (χ1v) is 6.35. The number of nitro groups is 1. The molecule has 1 heterocycles. The van der Waals surface area contributed by atoms with Crippen molar-refractivity contribution in [1.82, 2.24) is 9.88 Å². The highest BCUT2D eigenvalue weighted by Crippen LogP contribution is 2.15. The molecule has 0 fully saturated rings. The van der Waals surface area contributed by atoms with Crippen LogP contribution in [0.2, 0.25) is 0 Å². The van der Waals surface area contributed by atoms with Crippen molar-refractivity contribution in [2.24, 2.45) is 5.73 Å². The fourth-order valence-corrected chi connectivity index (χ4v) is 1.83. The number of nitrogens with zero attached hydrogens (tertiary/aromatic N) is 2. The number of nitrogens with two attached hydrogens (primary N) is 1. The molecule has 1 amide bonds. The van der Waals surface area contributed by atoms with Gasteiger partial charge in [0.2, 0.25) is 5.91 Å². The highest BCUT2D eigenvalue weighted by Gasteiger charge is 2.22. The Balaban J connectivity index is 3.13. The number of carbonyl (C=O) groups excluding carboxylic acids is 1. The summed E-state index contributed by atoms with van der Waals surface area (Å²) in [5.74, 6) is -0.361. The summed E-state index contributed by atoms with van der Waals surface area (Å²) in [7, 11) is 0. The Kier molecular flexibility index (Phi) is 5.85. The van der Waals surface area contributed by atoms with Gasteiger partial charge in [0.25, 0.3) is 11.2 Å². The molecular weight excluding hydrogens is 264 g/mol. The minimum Gasteiger partial charge on any atom is -0.353 e. The third-order valence-electron chi connectivity index (χ3n) is 2.78. The van der Waals surface area contributed by atoms with Crippen molar-refractivity contribution in [3.63, 3.8) is 0 Å². The highest BCUT2D eigenvalue weighted by molar-refractivity contribution is 5.80. The monoisotopic (exact) mass is 282 g/mol. The molecule has 1 rings (SSSR count). The molecule has 0 saturated carbocycles. The van der Waals surface area contributed by atoms with Gasteiger partial charge < -0.3 is 11.1 Å². The first kappa shape index (κ1) is 15.8. The first-order valence-electron chi connectivity index (χ1n) is 6.35. The predicted molar refractivity (Wildman–Crippen MR) is 73.4 cm³/mol. The Bertz CT molecular complexity index is 541. The maximum Gasteiger partial charge on any atom is 0.285 e. The molecule has 1 unspecified atom stereocenters. The van der Waals surface area contributed by atoms with Gasteiger partial charge in [-0.15, -0.1) is 0 Å². The normalized spacial score (nSPS) is 11.9. The predicted octanol–water partition coefficient (Wildman–Crippen LogP) is 0.173. The Morgan fingerprint density at radius 1 is 1.55 bits per heavy atom. The van der Waals surface area contributed by atoms with Crippen LogP contribution in [0.15, 0.2) is 23.1 Å². The second kappa shape index (κ2) is 7.39. The molecule has 1 aromatic rings. The van der Waals surface area contributed by atoms with Gasteiger partial charge in [-0.25, -0.2) is 0 Å². The van der Waals surface area contributed by atoms with Gasteiger partial charge in [-0.3, -0.25) is 24.3 Å². The molecular formula is C12H18N4O4. The maximum absolute atomic E-state index is 12.0. The summed E-state index contributed by atoms with van der Waals surface area (Å²) in [5.41, 5.74) is 4.64. The summed E-state index contributed by atoms with van der Waals surface area (Å²) in [6.45, 7) is 2.45. The van der Waals surface area contributed by atoms with E-state index in [4.69, 9.17) is 5.73 Å². The summed E-state index contributed by atoms with van der Waals surface area (Å²) in [5, 5.41) is 13.4. The van der Waals surface area contributed by atoms with Gasteiger partial charge in [-0.05, 0) is 6.42 Å². The summed E-state index contributed by atoms with van der Waals surface area (Å²) < 4.78 is 1.10. The second-order valence-corrected chi connectivity index (χ2v) is 4.27. The molecule has 110 valence electrons. The number of aromatic nitrogens is 1. The van der Waals surface area contributed by atoms with Gasteiger partial charge >= 0.3 is 0 Å². The van der Waals surface area contributed by atoms with Crippen LogP contribution >= 0.6 is 0 Å². The Morgan fingerprint density at radius 3 is 2.80 bits per heavy atom. The van der Waals surface area contributed by atoms with E-state index in [1.807, 2.05) is 6.92 Å². The lowest BCUT2D eigenvalue weighted by molar-refractivity contribution is -0.385. The largest absolute Gasteiger partial charge is 0.353 e. The molecule has 1 atom stereocenters. The molecule has 0 spiro atoms. The van der Waals surface area contributed by atoms with Crippen LogP contribution in [0.5, 0.6) is 0 Å². The van der Waals surface area contributed by atoms with Gasteiger partial charge in [0.1, 0.15) is 6.04 Å². The van der Waals surface area contributed by atoms with E-state index < -0.39 is 16.5 Å². The van der Waals surface area contributed by atoms with Crippen molar-refractivity contribution in [1.29, 1.82) is 0 Å². The summed E-state index contributed by atoms with van der Waals surface area (Å²) in [4.78, 5) is 34.0. The van der Waals surface area contributed by atoms with Gasteiger partial charge in [0.15, 0.2) is 0 Å². The molecule has 0 aromatic carbocycles. The van der Waals surface area contributed by atoms with Gasteiger partial charge in [0.05, 0.1) is 11.1 Å². The maximum atomic E-state index is 12.0. The number of amides is 1. The lowest BCUT2D eigenvalue weighted by Crippen LogP contribution is -2.38. The SMILES string of the molecule is CCCC(C(=O)NCCN)n1cc([N+](=O)[O-])ccc1=O. The summed E-state index contributed by atoms with van der Waals surface area (Å²) >= 11 is 0. The fourth-order valence-electron chi connectivity index (χ4n) is 1.83. The summed E-state index contributed by atoms with van der Waals surface area (Å²) in [6, 6.07) is 1.45. The zero-order valence-corrected chi connectivity index (χ0v) is 11.2. The third-order valence-corrected chi connectivity index (χ3v) is 2.78. The zero-order chi connectivity index (χ0) is 15.1. The van der Waals surface area contributed by atoms with Crippen LogP contribution in [-0.4, -0.2) is 28.5 Å². The zero-order valence-electron chi connectivity index (χ0n) is 11.2. The van der Waals surface area contributed by atoms with E-state index in [-0.39, 0.29) is 18.1 Å². The lowest BCUT2D eigenvalue weighted by atomic mass is 10.1. The molecule has 1 aromatic heterocycles. The molecule has 3 N–H and O–H groups in total. The number of hydrogen-bond acceptors (Lipinski definition) is 5. The van der Waals surface area contributed by atoms with Crippen LogP contribution in [-0.2, 0) is 4.79 Å². The van der Waals surface area contributed by atoms with E-state index in [1.165, 1.54) is 0 Å². The van der Waals surface area contributed by atoms with Crippen LogP contribution < -0.4 is 16.6 Å². The van der Waals surface area contributed by atoms with Crippen molar-refractivity contribution >= 4 is 11.6 Å². The van der Waals surface area contributed by atoms with Gasteiger partial charge in [-0.1, -0.05) is 13.3 Å². The molecule has 20 heavy (non-hydrogen) atoms. The fraction of sp³-hybridized carbons (Fsp3) is 0.500. The standard InChI is InChI=1S/C12H18N4O4/c1-2-3-10(12(18)14-7-6-13)15-8-9(16(19)20)4-5-11(15)17/h4-5,8,10H,2-3,6-7,13H2,1H3,(H,14,18). The molecule has 8 heteroatoms. The van der Waals surface area contributed by atoms with Crippen molar-refractivity contribution < 1.29 is 9.72 Å². The molecule has 0 aliphatic carbocycles. The van der Waals surface area contributed by atoms with Gasteiger partial charge in [0, 0.05) is 25.2 Å². The third kappa shape index (κ3) is 3.89. The Morgan fingerprint density at radius 2 is 2.25 bits per heavy atom. The van der Waals surface area contributed by atoms with E-state index in [9.17, 15) is 19.7 Å². The number of carbonyl (C=O) groups is 1. The summed E-state index contributed by atoms with van der Waals surface area (Å²) in [6.07, 6.45) is 2.18. The molecule has 0 aliphatic heterocycles. The quantitative estimate of drug-likeness (QED) is 0.545. The lowest BCUT2D eigenvalue weighted by Gasteiger charge is -2.18. The Labute approximate surface area is 115 Å². The van der Waals surface area contributed by atoms with E-state index in [0.717, 1.165) is 22.9 Å². The number of nitrogens with one attached hydrogen (secondary N) is 1. The van der Waals surface area contributed by atoms with Crippen LogP contribution in [0.1, 0.15) is 25.8 Å². The minimum atomic E-state index is -0.765. The molecule has 0 saturated heterocycles. The minimum absolute atomic E-state index is 0.225. The molecule has 0 bridgehead atoms. The number of hydrogen-bond donors (Lipinski definition) is 2. The smallest absolute Gasteiger partial charge is 0.285 e. The van der Waals surface area contributed by atoms with Crippen molar-refractivity contribution in [3.05, 3.63) is 38.8 Å². The van der Waals surface area contributed by atoms with E-state index in [1.54, 1.807) is 0 Å². The van der Waals surface area contributed by atoms with Crippen LogP contribution in [0.25, 0.3) is 0 Å². The van der Waals surface area contributed by atoms with Crippen molar-refractivity contribution in [2.75, 3.05) is 13.1 Å². The first-order chi connectivity index (χ1) is 9.51. The number of rotatable bonds is 7. The van der Waals surface area contributed by atoms with Crippen LogP contribution in [0.3, 0.4) is 0 Å². The van der Waals surface area contributed by atoms with E-state index in [0.29, 0.717) is 19.4 Å². The average molecular weight is 282 g/mol. The average Bonchev–Trinajstić information content (AvgIpc) is 2.42. The van der Waals surface area contributed by atoms with Crippen molar-refractivity contribution in [2.45, 2.75) is 25.8 Å². The van der Waals surface area contributed by atoms with E-state index >= 15 is 0 Å². The van der Waals surface area contributed by atoms with Crippen LogP contribution in [0, 0.1) is 10.1 Å². The van der Waals surface area contributed by atoms with E-state index in [2.05, 4.69) is 5.32 Å². The molecule has 0 aliphatic rings. The number of pyridine rings is 1. The topological polar surface area (TPSA) is 120 Å². The van der Waals surface area contributed by atoms with Crippen molar-refractivity contribution in [3.8, 4) is 0 Å². The molecule has 8 nitrogen and oxygen atoms in total. The highest BCUT2D eigenvalue weighted by atomic mass is 16.6. The van der Waals surface area contributed by atoms with Crippen LogP contribution in [0.4, 0.5) is 5.69 Å².